The van der Waals surface area contributed by atoms with Gasteiger partial charge in [0.25, 0.3) is 0 Å². The van der Waals surface area contributed by atoms with E-state index >= 15 is 0 Å². The monoisotopic (exact) mass is 490 g/mol. The van der Waals surface area contributed by atoms with E-state index in [0.717, 1.165) is 22.5 Å². The van der Waals surface area contributed by atoms with Crippen LogP contribution in [-0.4, -0.2) is 47.9 Å². The second-order valence-electron chi connectivity index (χ2n) is 7.66. The third kappa shape index (κ3) is 5.58. The standard InChI is InChI=1S/C26H26N4O4S/c1-33-20-11-7-18(8-12-20)29(16-15-24(27)31)25(32)17-35-26-28-22-5-3-4-6-23(22)30(26)19-9-13-21(34-2)14-10-19/h3-14H,15-17H2,1-2H3,(H2,27,31). The van der Waals surface area contributed by atoms with Crippen molar-refractivity contribution in [2.24, 2.45) is 5.73 Å². The number of primary amides is 1. The van der Waals surface area contributed by atoms with Crippen LogP contribution in [0.4, 0.5) is 5.69 Å². The summed E-state index contributed by atoms with van der Waals surface area (Å²) in [6.45, 7) is 0.190. The van der Waals surface area contributed by atoms with Gasteiger partial charge in [-0.3, -0.25) is 14.2 Å². The highest BCUT2D eigenvalue weighted by atomic mass is 32.2. The number of ether oxygens (including phenoxy) is 2. The Kier molecular flexibility index (Phi) is 7.57. The number of anilines is 1. The van der Waals surface area contributed by atoms with Crippen molar-refractivity contribution in [3.8, 4) is 17.2 Å². The number of aromatic nitrogens is 2. The first-order valence-corrected chi connectivity index (χ1v) is 12.0. The summed E-state index contributed by atoms with van der Waals surface area (Å²) in [7, 11) is 3.21. The largest absolute Gasteiger partial charge is 0.497 e. The Bertz CT molecular complexity index is 1320. The molecule has 8 nitrogen and oxygen atoms in total. The van der Waals surface area contributed by atoms with Crippen molar-refractivity contribution in [3.05, 3.63) is 72.8 Å². The predicted octanol–water partition coefficient (Wildman–Crippen LogP) is 4.04. The second-order valence-corrected chi connectivity index (χ2v) is 8.61. The lowest BCUT2D eigenvalue weighted by Crippen LogP contribution is -2.35. The molecule has 0 saturated heterocycles. The Morgan fingerprint density at radius 2 is 1.57 bits per heavy atom. The number of nitrogens with two attached hydrogens (primary N) is 1. The Balaban J connectivity index is 1.61. The molecule has 0 saturated carbocycles. The highest BCUT2D eigenvalue weighted by Crippen LogP contribution is 2.30. The van der Waals surface area contributed by atoms with Crippen LogP contribution in [-0.2, 0) is 9.59 Å². The van der Waals surface area contributed by atoms with E-state index in [1.165, 1.54) is 11.8 Å². The lowest BCUT2D eigenvalue weighted by Gasteiger charge is -2.22. The van der Waals surface area contributed by atoms with Gasteiger partial charge in [0.1, 0.15) is 11.5 Å². The molecule has 1 heterocycles. The first-order valence-electron chi connectivity index (χ1n) is 11.0. The number of carbonyl (C=O) groups excluding carboxylic acids is 2. The maximum Gasteiger partial charge on any atom is 0.237 e. The van der Waals surface area contributed by atoms with Gasteiger partial charge in [0.15, 0.2) is 5.16 Å². The van der Waals surface area contributed by atoms with E-state index in [4.69, 9.17) is 20.2 Å². The van der Waals surface area contributed by atoms with Crippen LogP contribution in [0.25, 0.3) is 16.7 Å². The zero-order valence-electron chi connectivity index (χ0n) is 19.5. The summed E-state index contributed by atoms with van der Waals surface area (Å²) in [5.74, 6) is 0.940. The third-order valence-corrected chi connectivity index (χ3v) is 6.38. The number of amides is 2. The van der Waals surface area contributed by atoms with E-state index in [1.807, 2.05) is 53.1 Å². The van der Waals surface area contributed by atoms with Gasteiger partial charge in [-0.25, -0.2) is 4.98 Å². The Labute approximate surface area is 207 Å². The summed E-state index contributed by atoms with van der Waals surface area (Å²) in [6, 6.07) is 22.6. The first-order chi connectivity index (χ1) is 17.0. The van der Waals surface area contributed by atoms with Crippen LogP contribution in [0.3, 0.4) is 0 Å². The molecule has 4 rings (SSSR count). The Hall–Kier alpha value is -3.98. The molecule has 9 heteroatoms. The summed E-state index contributed by atoms with van der Waals surface area (Å²) >= 11 is 1.34. The van der Waals surface area contributed by atoms with Crippen molar-refractivity contribution in [2.45, 2.75) is 11.6 Å². The molecular formula is C26H26N4O4S. The molecule has 0 fully saturated rings. The molecule has 0 unspecified atom stereocenters. The summed E-state index contributed by atoms with van der Waals surface area (Å²) in [5.41, 5.74) is 8.70. The molecule has 2 amide bonds. The fourth-order valence-electron chi connectivity index (χ4n) is 3.67. The fourth-order valence-corrected chi connectivity index (χ4v) is 4.57. The van der Waals surface area contributed by atoms with Gasteiger partial charge in [-0.05, 0) is 60.7 Å². The van der Waals surface area contributed by atoms with E-state index < -0.39 is 5.91 Å². The molecule has 0 aliphatic heterocycles. The lowest BCUT2D eigenvalue weighted by molar-refractivity contribution is -0.118. The molecule has 4 aromatic rings. The molecule has 3 aromatic carbocycles. The van der Waals surface area contributed by atoms with E-state index in [0.29, 0.717) is 16.6 Å². The van der Waals surface area contributed by atoms with Crippen molar-refractivity contribution in [1.82, 2.24) is 9.55 Å². The van der Waals surface area contributed by atoms with Gasteiger partial charge in [-0.2, -0.15) is 0 Å². The van der Waals surface area contributed by atoms with Crippen molar-refractivity contribution in [2.75, 3.05) is 31.4 Å². The summed E-state index contributed by atoms with van der Waals surface area (Å²) < 4.78 is 12.5. The highest BCUT2D eigenvalue weighted by Gasteiger charge is 2.20. The maximum atomic E-state index is 13.3. The van der Waals surface area contributed by atoms with Crippen molar-refractivity contribution in [3.63, 3.8) is 0 Å². The van der Waals surface area contributed by atoms with Crippen LogP contribution >= 0.6 is 11.8 Å². The average molecular weight is 491 g/mol. The van der Waals surface area contributed by atoms with Crippen LogP contribution in [0, 0.1) is 0 Å². The zero-order valence-corrected chi connectivity index (χ0v) is 20.3. The minimum absolute atomic E-state index is 0.0623. The summed E-state index contributed by atoms with van der Waals surface area (Å²) in [5, 5.41) is 0.689. The number of fused-ring (bicyclic) bond motifs is 1. The molecule has 0 aliphatic rings. The van der Waals surface area contributed by atoms with Gasteiger partial charge in [0.2, 0.25) is 11.8 Å². The van der Waals surface area contributed by atoms with Gasteiger partial charge in [0.05, 0.1) is 31.0 Å². The number of benzene rings is 3. The molecule has 1 aromatic heterocycles. The summed E-state index contributed by atoms with van der Waals surface area (Å²) in [6.07, 6.45) is 0.0623. The lowest BCUT2D eigenvalue weighted by atomic mass is 10.2. The van der Waals surface area contributed by atoms with Crippen molar-refractivity contribution in [1.29, 1.82) is 0 Å². The first kappa shape index (κ1) is 24.2. The van der Waals surface area contributed by atoms with Crippen LogP contribution < -0.4 is 20.1 Å². The molecule has 0 radical (unpaired) electrons. The topological polar surface area (TPSA) is 99.7 Å². The van der Waals surface area contributed by atoms with Crippen LogP contribution in [0.5, 0.6) is 11.5 Å². The number of methoxy groups -OCH3 is 2. The van der Waals surface area contributed by atoms with Crippen molar-refractivity contribution < 1.29 is 19.1 Å². The Morgan fingerprint density at radius 3 is 2.20 bits per heavy atom. The number of rotatable bonds is 10. The second kappa shape index (κ2) is 11.0. The predicted molar refractivity (Wildman–Crippen MR) is 138 cm³/mol. The number of para-hydroxylation sites is 2. The normalized spacial score (nSPS) is 10.8. The van der Waals surface area contributed by atoms with Gasteiger partial charge in [-0.1, -0.05) is 23.9 Å². The van der Waals surface area contributed by atoms with Crippen molar-refractivity contribution >= 4 is 40.3 Å². The fraction of sp³-hybridized carbons (Fsp3) is 0.192. The molecule has 0 spiro atoms. The summed E-state index contributed by atoms with van der Waals surface area (Å²) in [4.78, 5) is 31.1. The average Bonchev–Trinajstić information content (AvgIpc) is 3.26. The quantitative estimate of drug-likeness (QED) is 0.337. The maximum absolute atomic E-state index is 13.3. The smallest absolute Gasteiger partial charge is 0.237 e. The minimum atomic E-state index is -0.467. The molecule has 35 heavy (non-hydrogen) atoms. The van der Waals surface area contributed by atoms with Crippen LogP contribution in [0.1, 0.15) is 6.42 Å². The highest BCUT2D eigenvalue weighted by molar-refractivity contribution is 7.99. The van der Waals surface area contributed by atoms with E-state index in [1.54, 1.807) is 43.4 Å². The molecular weight excluding hydrogens is 464 g/mol. The SMILES string of the molecule is COc1ccc(N(CCC(N)=O)C(=O)CSc2nc3ccccc3n2-c2ccc(OC)cc2)cc1. The minimum Gasteiger partial charge on any atom is -0.497 e. The number of hydrogen-bond acceptors (Lipinski definition) is 6. The molecule has 2 N–H and O–H groups in total. The van der Waals surface area contributed by atoms with Gasteiger partial charge in [-0.15, -0.1) is 0 Å². The molecule has 0 atom stereocenters. The van der Waals surface area contributed by atoms with Crippen LogP contribution in [0.2, 0.25) is 0 Å². The van der Waals surface area contributed by atoms with Gasteiger partial charge >= 0.3 is 0 Å². The van der Waals surface area contributed by atoms with E-state index in [-0.39, 0.29) is 24.6 Å². The molecule has 0 bridgehead atoms. The third-order valence-electron chi connectivity index (χ3n) is 5.45. The molecule has 180 valence electrons. The van der Waals surface area contributed by atoms with Gasteiger partial charge in [0, 0.05) is 24.3 Å². The van der Waals surface area contributed by atoms with Gasteiger partial charge < -0.3 is 20.1 Å². The number of thioether (sulfide) groups is 1. The molecule has 0 aliphatic carbocycles. The number of hydrogen-bond donors (Lipinski definition) is 1. The van der Waals surface area contributed by atoms with Crippen LogP contribution in [0.15, 0.2) is 78.0 Å². The Morgan fingerprint density at radius 1 is 0.943 bits per heavy atom. The zero-order chi connectivity index (χ0) is 24.8. The van der Waals surface area contributed by atoms with E-state index in [2.05, 4.69) is 0 Å². The number of nitrogens with zero attached hydrogens (tertiary/aromatic N) is 3. The van der Waals surface area contributed by atoms with E-state index in [9.17, 15) is 9.59 Å². The number of carbonyl (C=O) groups is 2. The number of imidazole rings is 1.